The van der Waals surface area contributed by atoms with Crippen LogP contribution in [-0.4, -0.2) is 4.98 Å². The number of hydrogen-bond acceptors (Lipinski definition) is 2. The van der Waals surface area contributed by atoms with E-state index in [4.69, 9.17) is 4.98 Å². The molecule has 1 nitrogen and oxygen atoms in total. The molecule has 0 N–H and O–H groups in total. The van der Waals surface area contributed by atoms with Crippen molar-refractivity contribution in [1.29, 1.82) is 0 Å². The maximum atomic E-state index is 5.15. The van der Waals surface area contributed by atoms with Gasteiger partial charge in [-0.1, -0.05) is 212 Å². The van der Waals surface area contributed by atoms with E-state index in [9.17, 15) is 0 Å². The molecule has 10 aromatic carbocycles. The van der Waals surface area contributed by atoms with Crippen LogP contribution in [0.1, 0.15) is 44.5 Å². The van der Waals surface area contributed by atoms with E-state index < -0.39 is 10.8 Å². The molecule has 0 fully saturated rings. The van der Waals surface area contributed by atoms with Crippen LogP contribution in [0.15, 0.2) is 249 Å². The highest BCUT2D eigenvalue weighted by Gasteiger charge is 2.59. The van der Waals surface area contributed by atoms with Crippen molar-refractivity contribution in [2.45, 2.75) is 10.8 Å². The topological polar surface area (TPSA) is 12.9 Å². The van der Waals surface area contributed by atoms with Crippen LogP contribution in [0, 0.1) is 0 Å². The van der Waals surface area contributed by atoms with Gasteiger partial charge in [0.05, 0.1) is 22.2 Å². The molecule has 0 aliphatic heterocycles. The lowest BCUT2D eigenvalue weighted by Crippen LogP contribution is -2.43. The fourth-order valence-corrected chi connectivity index (χ4v) is 13.9. The van der Waals surface area contributed by atoms with E-state index in [1.807, 2.05) is 11.3 Å². The SMILES string of the molecule is c1ccc(-c2cc(-c3ccc(-c4ccc5c(c4)-c4cc6c(cc4C54c5ccccc5C5(c7ccccc7-c7ccccc75)c5ccccc54)sc4ccccc46)cc3)cc(-c3ccccc3)n2)cc1. The number of hydrogen-bond donors (Lipinski definition) is 0. The van der Waals surface area contributed by atoms with Gasteiger partial charge in [0, 0.05) is 31.3 Å². The van der Waals surface area contributed by atoms with Gasteiger partial charge in [-0.15, -0.1) is 11.3 Å². The lowest BCUT2D eigenvalue weighted by Gasteiger charge is -2.48. The molecule has 69 heavy (non-hydrogen) atoms. The molecule has 2 heteroatoms. The summed E-state index contributed by atoms with van der Waals surface area (Å²) in [6.07, 6.45) is 0. The number of rotatable bonds is 4. The van der Waals surface area contributed by atoms with Crippen molar-refractivity contribution >= 4 is 31.5 Å². The second kappa shape index (κ2) is 14.5. The summed E-state index contributed by atoms with van der Waals surface area (Å²) < 4.78 is 2.65. The molecule has 2 heterocycles. The van der Waals surface area contributed by atoms with Crippen LogP contribution in [0.5, 0.6) is 0 Å². The lowest BCUT2D eigenvalue weighted by molar-refractivity contribution is 0.633. The highest BCUT2D eigenvalue weighted by atomic mass is 32.1. The summed E-state index contributed by atoms with van der Waals surface area (Å²) >= 11 is 1.91. The van der Waals surface area contributed by atoms with Crippen LogP contribution in [0.4, 0.5) is 0 Å². The average molecular weight is 892 g/mol. The normalized spacial score (nSPS) is 14.0. The van der Waals surface area contributed by atoms with Crippen molar-refractivity contribution in [2.75, 3.05) is 0 Å². The lowest BCUT2D eigenvalue weighted by atomic mass is 9.52. The van der Waals surface area contributed by atoms with Gasteiger partial charge in [-0.3, -0.25) is 0 Å². The second-order valence-corrected chi connectivity index (χ2v) is 20.0. The molecule has 3 aliphatic carbocycles. The minimum atomic E-state index is -0.559. The highest BCUT2D eigenvalue weighted by molar-refractivity contribution is 7.25. The van der Waals surface area contributed by atoms with Crippen molar-refractivity contribution in [3.63, 3.8) is 0 Å². The molecule has 0 radical (unpaired) electrons. The minimum Gasteiger partial charge on any atom is -0.248 e. The monoisotopic (exact) mass is 891 g/mol. The highest BCUT2D eigenvalue weighted by Crippen LogP contribution is 2.68. The Morgan fingerprint density at radius 3 is 1.26 bits per heavy atom. The van der Waals surface area contributed by atoms with Gasteiger partial charge in [-0.05, 0) is 125 Å². The predicted octanol–water partition coefficient (Wildman–Crippen LogP) is 17.2. The standard InChI is InChI=1S/C67H41NS/c1-3-17-44(18-4-1)62-38-47(39-63(68-62)45-19-5-2-6-20-45)43-33-31-42(32-34-43)46-35-36-56-51(37-46)52-40-53-50-23-9-16-30-64(50)69-65(53)41-61(52)67(56)59-28-14-12-26-57(59)66(58-27-13-15-29-60(58)67)54-24-10-7-21-48(54)49-22-8-11-25-55(49)66/h1-41H. The second-order valence-electron chi connectivity index (χ2n) is 18.9. The molecule has 0 saturated carbocycles. The molecule has 2 spiro atoms. The summed E-state index contributed by atoms with van der Waals surface area (Å²) in [4.78, 5) is 5.15. The molecule has 12 aromatic rings. The first-order valence-corrected chi connectivity index (χ1v) is 24.7. The van der Waals surface area contributed by atoms with Crippen LogP contribution in [0.2, 0.25) is 0 Å². The fourth-order valence-electron chi connectivity index (χ4n) is 12.7. The van der Waals surface area contributed by atoms with Crippen molar-refractivity contribution in [1.82, 2.24) is 4.98 Å². The van der Waals surface area contributed by atoms with Crippen LogP contribution in [0.25, 0.3) is 87.2 Å². The van der Waals surface area contributed by atoms with E-state index in [0.717, 1.165) is 33.6 Å². The Morgan fingerprint density at radius 1 is 0.246 bits per heavy atom. The Balaban J connectivity index is 0.949. The van der Waals surface area contributed by atoms with Crippen LogP contribution >= 0.6 is 11.3 Å². The van der Waals surface area contributed by atoms with Crippen LogP contribution in [0.3, 0.4) is 0 Å². The van der Waals surface area contributed by atoms with Crippen molar-refractivity contribution in [3.05, 3.63) is 293 Å². The summed E-state index contributed by atoms with van der Waals surface area (Å²) in [6, 6.07) is 93.1. The Hall–Kier alpha value is -8.43. The molecule has 0 bridgehead atoms. The number of pyridine rings is 1. The first-order valence-electron chi connectivity index (χ1n) is 23.9. The van der Waals surface area contributed by atoms with Gasteiger partial charge in [0.25, 0.3) is 0 Å². The summed E-state index contributed by atoms with van der Waals surface area (Å²) in [5.74, 6) is 0. The summed E-state index contributed by atoms with van der Waals surface area (Å²) in [7, 11) is 0. The van der Waals surface area contributed by atoms with Crippen molar-refractivity contribution < 1.29 is 0 Å². The first-order chi connectivity index (χ1) is 34.2. The zero-order valence-electron chi connectivity index (χ0n) is 37.5. The van der Waals surface area contributed by atoms with Crippen molar-refractivity contribution in [2.24, 2.45) is 0 Å². The first kappa shape index (κ1) is 38.7. The molecule has 0 saturated heterocycles. The average Bonchev–Trinajstić information content (AvgIpc) is 4.04. The van der Waals surface area contributed by atoms with Crippen molar-refractivity contribution in [3.8, 4) is 67.0 Å². The van der Waals surface area contributed by atoms with Gasteiger partial charge in [0.1, 0.15) is 0 Å². The number of thiophene rings is 1. The number of benzene rings is 10. The van der Waals surface area contributed by atoms with Gasteiger partial charge in [0.15, 0.2) is 0 Å². The molecular weight excluding hydrogens is 851 g/mol. The van der Waals surface area contributed by atoms with Gasteiger partial charge >= 0.3 is 0 Å². The molecule has 320 valence electrons. The van der Waals surface area contributed by atoms with E-state index in [1.54, 1.807) is 0 Å². The largest absolute Gasteiger partial charge is 0.248 e. The fraction of sp³-hybridized carbons (Fsp3) is 0.0299. The molecule has 3 aliphatic rings. The molecular formula is C67H41NS. The predicted molar refractivity (Wildman–Crippen MR) is 287 cm³/mol. The van der Waals surface area contributed by atoms with Gasteiger partial charge in [-0.2, -0.15) is 0 Å². The Labute approximate surface area is 405 Å². The number of fused-ring (bicyclic) bond motifs is 19. The van der Waals surface area contributed by atoms with Crippen LogP contribution in [-0.2, 0) is 10.8 Å². The summed E-state index contributed by atoms with van der Waals surface area (Å²) in [5, 5.41) is 2.64. The number of nitrogens with zero attached hydrogens (tertiary/aromatic N) is 1. The smallest absolute Gasteiger partial charge is 0.0720 e. The minimum absolute atomic E-state index is 0.476. The van der Waals surface area contributed by atoms with Crippen LogP contribution < -0.4 is 0 Å². The third-order valence-electron chi connectivity index (χ3n) is 15.6. The van der Waals surface area contributed by atoms with E-state index in [0.29, 0.717) is 0 Å². The molecule has 2 aromatic heterocycles. The molecule has 0 atom stereocenters. The third-order valence-corrected chi connectivity index (χ3v) is 16.7. The zero-order valence-corrected chi connectivity index (χ0v) is 38.3. The molecule has 0 amide bonds. The number of aromatic nitrogens is 1. The van der Waals surface area contributed by atoms with E-state index >= 15 is 0 Å². The molecule has 15 rings (SSSR count). The van der Waals surface area contributed by atoms with Gasteiger partial charge in [-0.25, -0.2) is 4.98 Å². The van der Waals surface area contributed by atoms with E-state index in [1.165, 1.54) is 98.1 Å². The Kier molecular flexibility index (Phi) is 8.14. The maximum absolute atomic E-state index is 5.15. The Morgan fingerprint density at radius 2 is 0.681 bits per heavy atom. The zero-order chi connectivity index (χ0) is 45.3. The quantitative estimate of drug-likeness (QED) is 0.172. The summed E-state index contributed by atoms with van der Waals surface area (Å²) in [6.45, 7) is 0. The van der Waals surface area contributed by atoms with E-state index in [2.05, 4.69) is 249 Å². The van der Waals surface area contributed by atoms with E-state index in [-0.39, 0.29) is 0 Å². The molecule has 0 unspecified atom stereocenters. The Bertz CT molecular complexity index is 3910. The van der Waals surface area contributed by atoms with Gasteiger partial charge < -0.3 is 0 Å². The third kappa shape index (κ3) is 5.27. The maximum Gasteiger partial charge on any atom is 0.0720 e. The summed E-state index contributed by atoms with van der Waals surface area (Å²) in [5.41, 5.74) is 23.9. The van der Waals surface area contributed by atoms with Gasteiger partial charge in [0.2, 0.25) is 0 Å².